The summed E-state index contributed by atoms with van der Waals surface area (Å²) in [5, 5.41) is 11.1. The van der Waals surface area contributed by atoms with Crippen LogP contribution in [0.2, 0.25) is 0 Å². The first-order valence-corrected chi connectivity index (χ1v) is 6.84. The van der Waals surface area contributed by atoms with Gasteiger partial charge in [0.2, 0.25) is 5.00 Å². The molecule has 0 aromatic heterocycles. The van der Waals surface area contributed by atoms with Gasteiger partial charge in [0.15, 0.2) is 0 Å². The molecule has 1 aromatic rings. The summed E-state index contributed by atoms with van der Waals surface area (Å²) < 4.78 is 1.09. The maximum atomic E-state index is 11.5. The minimum absolute atomic E-state index is 0.116. The predicted octanol–water partition coefficient (Wildman–Crippen LogP) is 2.96. The van der Waals surface area contributed by atoms with Gasteiger partial charge in [-0.1, -0.05) is 55.8 Å². The number of hydrogen-bond acceptors (Lipinski definition) is 3. The molecule has 0 aliphatic rings. The maximum Gasteiger partial charge on any atom is 0.342 e. The van der Waals surface area contributed by atoms with Gasteiger partial charge in [0.1, 0.15) is 0 Å². The molecule has 0 spiro atoms. The van der Waals surface area contributed by atoms with Gasteiger partial charge in [-0.3, -0.25) is 0 Å². The summed E-state index contributed by atoms with van der Waals surface area (Å²) >= 11 is 12.4. The fraction of sp³-hybridized carbons (Fsp3) is 0.462. The second-order valence-electron chi connectivity index (χ2n) is 4.13. The average molecular weight is 305 g/mol. The van der Waals surface area contributed by atoms with E-state index in [-0.39, 0.29) is 6.42 Å². The summed E-state index contributed by atoms with van der Waals surface area (Å²) in [6.07, 6.45) is 0.116. The number of halogens is 2. The van der Waals surface area contributed by atoms with Crippen molar-refractivity contribution in [3.05, 3.63) is 35.9 Å². The molecule has 1 aromatic carbocycles. The lowest BCUT2D eigenvalue weighted by Crippen LogP contribution is -2.54. The fourth-order valence-corrected chi connectivity index (χ4v) is 2.39. The van der Waals surface area contributed by atoms with Crippen LogP contribution in [0.4, 0.5) is 0 Å². The number of carboxylic acids is 1. The number of carboxylic acid groups (broad SMARTS) is 1. The van der Waals surface area contributed by atoms with Crippen LogP contribution in [0.1, 0.15) is 19.4 Å². The summed E-state index contributed by atoms with van der Waals surface area (Å²) in [7, 11) is 0. The second-order valence-corrected chi connectivity index (χ2v) is 5.07. The SMILES string of the molecule is CCN(CC)N(Cl)[C@@](Cl)(Cc1ccccc1)C(=O)O. The molecule has 0 unspecified atom stereocenters. The van der Waals surface area contributed by atoms with Gasteiger partial charge in [-0.05, 0) is 17.3 Å². The van der Waals surface area contributed by atoms with Gasteiger partial charge >= 0.3 is 5.97 Å². The quantitative estimate of drug-likeness (QED) is 0.364. The third kappa shape index (κ3) is 3.83. The number of hydrogen-bond donors (Lipinski definition) is 1. The smallest absolute Gasteiger partial charge is 0.342 e. The van der Waals surface area contributed by atoms with Crippen molar-refractivity contribution < 1.29 is 9.90 Å². The van der Waals surface area contributed by atoms with Gasteiger partial charge in [-0.2, -0.15) is 0 Å². The summed E-state index contributed by atoms with van der Waals surface area (Å²) in [5.74, 6) is -1.17. The van der Waals surface area contributed by atoms with Crippen LogP contribution < -0.4 is 0 Å². The Kier molecular flexibility index (Phi) is 6.07. The average Bonchev–Trinajstić information content (AvgIpc) is 2.40. The Morgan fingerprint density at radius 3 is 2.21 bits per heavy atom. The van der Waals surface area contributed by atoms with Crippen LogP contribution in [0, 0.1) is 0 Å². The molecule has 1 rings (SSSR count). The number of carbonyl (C=O) groups is 1. The maximum absolute atomic E-state index is 11.5. The first-order valence-electron chi connectivity index (χ1n) is 6.12. The number of hydrazine groups is 1. The molecule has 106 valence electrons. The Morgan fingerprint density at radius 1 is 1.26 bits per heavy atom. The highest BCUT2D eigenvalue weighted by atomic mass is 35.5. The summed E-state index contributed by atoms with van der Waals surface area (Å²) in [5.41, 5.74) is 0.817. The Labute approximate surface area is 123 Å². The van der Waals surface area contributed by atoms with E-state index < -0.39 is 11.0 Å². The van der Waals surface area contributed by atoms with E-state index in [1.54, 1.807) is 5.01 Å². The van der Waals surface area contributed by atoms with Crippen molar-refractivity contribution in [2.75, 3.05) is 13.1 Å². The monoisotopic (exact) mass is 304 g/mol. The van der Waals surface area contributed by atoms with Crippen molar-refractivity contribution in [1.82, 2.24) is 9.54 Å². The molecular formula is C13H18Cl2N2O2. The zero-order valence-corrected chi connectivity index (χ0v) is 12.5. The van der Waals surface area contributed by atoms with Crippen LogP contribution in [-0.4, -0.2) is 38.7 Å². The van der Waals surface area contributed by atoms with Gasteiger partial charge in [0.05, 0.1) is 0 Å². The van der Waals surface area contributed by atoms with Crippen LogP contribution in [0.15, 0.2) is 30.3 Å². The molecule has 6 heteroatoms. The molecule has 0 fully saturated rings. The number of rotatable bonds is 7. The largest absolute Gasteiger partial charge is 0.479 e. The highest BCUT2D eigenvalue weighted by Gasteiger charge is 2.44. The molecule has 0 amide bonds. The summed E-state index contributed by atoms with van der Waals surface area (Å²) in [4.78, 5) is 9.82. The molecule has 4 nitrogen and oxygen atoms in total. The van der Waals surface area contributed by atoms with Crippen LogP contribution in [0.5, 0.6) is 0 Å². The minimum atomic E-state index is -1.70. The van der Waals surface area contributed by atoms with Crippen molar-refractivity contribution in [2.45, 2.75) is 25.3 Å². The van der Waals surface area contributed by atoms with Crippen molar-refractivity contribution in [2.24, 2.45) is 0 Å². The van der Waals surface area contributed by atoms with E-state index in [0.717, 1.165) is 10.1 Å². The van der Waals surface area contributed by atoms with Gasteiger partial charge < -0.3 is 5.11 Å². The van der Waals surface area contributed by atoms with Crippen LogP contribution in [0.3, 0.4) is 0 Å². The predicted molar refractivity (Wildman–Crippen MR) is 77.0 cm³/mol. The first kappa shape index (κ1) is 16.2. The van der Waals surface area contributed by atoms with Crippen molar-refractivity contribution in [3.8, 4) is 0 Å². The van der Waals surface area contributed by atoms with E-state index in [2.05, 4.69) is 0 Å². The van der Waals surface area contributed by atoms with Gasteiger partial charge in [-0.25, -0.2) is 9.80 Å². The molecule has 1 atom stereocenters. The Morgan fingerprint density at radius 2 is 1.79 bits per heavy atom. The normalized spacial score (nSPS) is 14.6. The number of benzene rings is 1. The van der Waals surface area contributed by atoms with E-state index in [9.17, 15) is 9.90 Å². The zero-order valence-electron chi connectivity index (χ0n) is 11.0. The molecular weight excluding hydrogens is 287 g/mol. The minimum Gasteiger partial charge on any atom is -0.479 e. The first-order chi connectivity index (χ1) is 8.95. The van der Waals surface area contributed by atoms with Gasteiger partial charge in [0, 0.05) is 19.5 Å². The molecule has 0 aliphatic heterocycles. The van der Waals surface area contributed by atoms with Crippen LogP contribution >= 0.6 is 23.4 Å². The Hall–Kier alpha value is -0.810. The standard InChI is InChI=1S/C13H18Cl2N2O2/c1-3-16(4-2)17(15)13(14,12(18)19)10-11-8-6-5-7-9-11/h5-9H,3-4,10H2,1-2H3,(H,18,19)/t13-/m0/s1. The zero-order chi connectivity index (χ0) is 14.5. The van der Waals surface area contributed by atoms with Gasteiger partial charge in [0.25, 0.3) is 0 Å². The molecule has 0 radical (unpaired) electrons. The number of aliphatic carboxylic acids is 1. The summed E-state index contributed by atoms with van der Waals surface area (Å²) in [6.45, 7) is 4.94. The van der Waals surface area contributed by atoms with E-state index in [4.69, 9.17) is 23.4 Å². The number of alkyl halides is 1. The third-order valence-corrected chi connectivity index (χ3v) is 3.92. The van der Waals surface area contributed by atoms with E-state index in [1.807, 2.05) is 44.2 Å². The lowest BCUT2D eigenvalue weighted by atomic mass is 10.1. The molecule has 1 N–H and O–H groups in total. The molecule has 0 heterocycles. The summed E-state index contributed by atoms with van der Waals surface area (Å²) in [6, 6.07) is 9.19. The molecule has 0 bridgehead atoms. The van der Waals surface area contributed by atoms with Crippen LogP contribution in [0.25, 0.3) is 0 Å². The highest BCUT2D eigenvalue weighted by molar-refractivity contribution is 6.36. The molecule has 19 heavy (non-hydrogen) atoms. The highest BCUT2D eigenvalue weighted by Crippen LogP contribution is 2.30. The second kappa shape index (κ2) is 7.10. The number of nitrogens with zero attached hydrogens (tertiary/aromatic N) is 2. The van der Waals surface area contributed by atoms with Gasteiger partial charge in [-0.15, -0.1) is 4.53 Å². The Bertz CT molecular complexity index is 412. The topological polar surface area (TPSA) is 43.8 Å². The third-order valence-electron chi connectivity index (χ3n) is 2.88. The van der Waals surface area contributed by atoms with E-state index >= 15 is 0 Å². The molecule has 0 aliphatic carbocycles. The fourth-order valence-electron chi connectivity index (χ4n) is 1.78. The van der Waals surface area contributed by atoms with Crippen molar-refractivity contribution in [1.29, 1.82) is 0 Å². The Balaban J connectivity index is 3.00. The molecule has 0 saturated heterocycles. The molecule has 0 saturated carbocycles. The van der Waals surface area contributed by atoms with Crippen LogP contribution in [-0.2, 0) is 11.2 Å². The van der Waals surface area contributed by atoms with E-state index in [0.29, 0.717) is 13.1 Å². The lowest BCUT2D eigenvalue weighted by Gasteiger charge is -2.37. The van der Waals surface area contributed by atoms with Crippen molar-refractivity contribution in [3.63, 3.8) is 0 Å². The lowest BCUT2D eigenvalue weighted by molar-refractivity contribution is -0.149. The van der Waals surface area contributed by atoms with Crippen molar-refractivity contribution >= 4 is 29.3 Å². The van der Waals surface area contributed by atoms with E-state index in [1.165, 1.54) is 0 Å².